The number of nitriles is 1. The van der Waals surface area contributed by atoms with Gasteiger partial charge in [-0.25, -0.2) is 19.9 Å². The first kappa shape index (κ1) is 23.8. The number of rotatable bonds is 6. The first-order valence-corrected chi connectivity index (χ1v) is 12.8. The molecule has 0 bridgehead atoms. The summed E-state index contributed by atoms with van der Waals surface area (Å²) in [4.78, 5) is 32.4. The number of aromatic nitrogens is 6. The second-order valence-corrected chi connectivity index (χ2v) is 9.23. The molecule has 0 saturated carbocycles. The van der Waals surface area contributed by atoms with E-state index in [4.69, 9.17) is 9.72 Å². The fraction of sp³-hybridized carbons (Fsp3) is 0.286. The van der Waals surface area contributed by atoms with Crippen LogP contribution in [0.3, 0.4) is 0 Å². The van der Waals surface area contributed by atoms with Crippen molar-refractivity contribution in [3.05, 3.63) is 82.9 Å². The molecule has 0 aliphatic carbocycles. The Balaban J connectivity index is 1.48. The lowest BCUT2D eigenvalue weighted by Gasteiger charge is -2.24. The molecule has 2 aromatic carbocycles. The SMILES string of the molecule is CC[C@H](Nc1ncnc2c1ncn2C1CCCCO1)c1nc2cccc(C#N)c2c(=O)n1-c1ccccc1. The number of ether oxygens (including phenoxy) is 1. The van der Waals surface area contributed by atoms with E-state index in [9.17, 15) is 10.1 Å². The molecular formula is C28H26N8O2. The molecule has 5 aromatic rings. The lowest BCUT2D eigenvalue weighted by Crippen LogP contribution is -2.28. The molecule has 1 aliphatic heterocycles. The lowest BCUT2D eigenvalue weighted by atomic mass is 10.1. The minimum absolute atomic E-state index is 0.0989. The summed E-state index contributed by atoms with van der Waals surface area (Å²) in [5, 5.41) is 13.4. The average molecular weight is 507 g/mol. The van der Waals surface area contributed by atoms with Gasteiger partial charge in [0.25, 0.3) is 5.56 Å². The maximum absolute atomic E-state index is 13.9. The monoisotopic (exact) mass is 506 g/mol. The zero-order valence-electron chi connectivity index (χ0n) is 20.9. The number of hydrogen-bond acceptors (Lipinski definition) is 8. The van der Waals surface area contributed by atoms with Crippen molar-refractivity contribution in [1.82, 2.24) is 29.1 Å². The normalized spacial score (nSPS) is 16.4. The van der Waals surface area contributed by atoms with Crippen LogP contribution in [0, 0.1) is 11.3 Å². The largest absolute Gasteiger partial charge is 0.358 e. The molecular weight excluding hydrogens is 480 g/mol. The van der Waals surface area contributed by atoms with E-state index in [1.165, 1.54) is 6.33 Å². The summed E-state index contributed by atoms with van der Waals surface area (Å²) in [7, 11) is 0. The summed E-state index contributed by atoms with van der Waals surface area (Å²) in [6, 6.07) is 16.2. The molecule has 2 atom stereocenters. The van der Waals surface area contributed by atoms with Crippen molar-refractivity contribution in [2.45, 2.75) is 44.9 Å². The number of fused-ring (bicyclic) bond motifs is 2. The van der Waals surface area contributed by atoms with Gasteiger partial charge in [0.1, 0.15) is 24.4 Å². The molecule has 0 spiro atoms. The minimum atomic E-state index is -0.382. The van der Waals surface area contributed by atoms with Gasteiger partial charge in [-0.05, 0) is 49.9 Å². The highest BCUT2D eigenvalue weighted by molar-refractivity contribution is 5.85. The Kier molecular flexibility index (Phi) is 6.27. The second-order valence-electron chi connectivity index (χ2n) is 9.23. The summed E-state index contributed by atoms with van der Waals surface area (Å²) in [6.07, 6.45) is 6.83. The van der Waals surface area contributed by atoms with Crippen molar-refractivity contribution in [3.8, 4) is 11.8 Å². The fourth-order valence-corrected chi connectivity index (χ4v) is 5.03. The van der Waals surface area contributed by atoms with Gasteiger partial charge in [-0.1, -0.05) is 31.2 Å². The highest BCUT2D eigenvalue weighted by Crippen LogP contribution is 2.30. The molecule has 3 aromatic heterocycles. The van der Waals surface area contributed by atoms with Crippen LogP contribution in [0.5, 0.6) is 0 Å². The van der Waals surface area contributed by atoms with Crippen molar-refractivity contribution in [2.75, 3.05) is 11.9 Å². The Labute approximate surface area is 218 Å². The highest BCUT2D eigenvalue weighted by Gasteiger charge is 2.24. The number of nitrogens with zero attached hydrogens (tertiary/aromatic N) is 7. The molecule has 10 nitrogen and oxygen atoms in total. The van der Waals surface area contributed by atoms with Gasteiger partial charge in [-0.2, -0.15) is 5.26 Å². The smallest absolute Gasteiger partial charge is 0.267 e. The summed E-state index contributed by atoms with van der Waals surface area (Å²) < 4.78 is 9.49. The van der Waals surface area contributed by atoms with Crippen LogP contribution in [0.15, 0.2) is 66.0 Å². The van der Waals surface area contributed by atoms with Crippen LogP contribution in [0.4, 0.5) is 5.82 Å². The van der Waals surface area contributed by atoms with Crippen molar-refractivity contribution >= 4 is 27.9 Å². The molecule has 190 valence electrons. The van der Waals surface area contributed by atoms with Gasteiger partial charge in [-0.3, -0.25) is 13.9 Å². The molecule has 0 radical (unpaired) electrons. The quantitative estimate of drug-likeness (QED) is 0.353. The van der Waals surface area contributed by atoms with Crippen molar-refractivity contribution in [1.29, 1.82) is 5.26 Å². The minimum Gasteiger partial charge on any atom is -0.358 e. The Morgan fingerprint density at radius 2 is 2.00 bits per heavy atom. The molecule has 1 unspecified atom stereocenters. The maximum atomic E-state index is 13.9. The molecule has 10 heteroatoms. The van der Waals surface area contributed by atoms with E-state index in [-0.39, 0.29) is 17.8 Å². The van der Waals surface area contributed by atoms with Gasteiger partial charge in [-0.15, -0.1) is 0 Å². The standard InChI is InChI=1S/C28H26N8O2/c1-2-20(33-25-24-27(31-16-30-25)35(17-32-24)22-13-6-7-14-38-22)26-34-21-12-8-9-18(15-29)23(21)28(37)36(26)19-10-4-3-5-11-19/h3-5,8-12,16-17,20,22H,2,6-7,13-14H2,1H3,(H,30,31,33)/t20-,22?/m0/s1. The van der Waals surface area contributed by atoms with Gasteiger partial charge >= 0.3 is 0 Å². The van der Waals surface area contributed by atoms with Crippen LogP contribution in [0.1, 0.15) is 56.3 Å². The van der Waals surface area contributed by atoms with Crippen LogP contribution in [-0.4, -0.2) is 35.7 Å². The Morgan fingerprint density at radius 1 is 1.13 bits per heavy atom. The van der Waals surface area contributed by atoms with Crippen LogP contribution in [-0.2, 0) is 4.74 Å². The van der Waals surface area contributed by atoms with Gasteiger partial charge in [0.2, 0.25) is 0 Å². The molecule has 6 rings (SSSR count). The average Bonchev–Trinajstić information content (AvgIpc) is 3.41. The second kappa shape index (κ2) is 10.0. The van der Waals surface area contributed by atoms with Crippen LogP contribution >= 0.6 is 0 Å². The van der Waals surface area contributed by atoms with Crippen LogP contribution in [0.2, 0.25) is 0 Å². The van der Waals surface area contributed by atoms with Crippen LogP contribution < -0.4 is 10.9 Å². The lowest BCUT2D eigenvalue weighted by molar-refractivity contribution is -0.0298. The van der Waals surface area contributed by atoms with Crippen molar-refractivity contribution < 1.29 is 4.74 Å². The third kappa shape index (κ3) is 4.07. The van der Waals surface area contributed by atoms with Crippen LogP contribution in [0.25, 0.3) is 27.8 Å². The molecule has 1 aliphatic rings. The van der Waals surface area contributed by atoms with Crippen molar-refractivity contribution in [3.63, 3.8) is 0 Å². The third-order valence-corrected chi connectivity index (χ3v) is 6.91. The zero-order valence-corrected chi connectivity index (χ0v) is 20.9. The van der Waals surface area contributed by atoms with Gasteiger partial charge in [0.05, 0.1) is 34.5 Å². The Hall–Kier alpha value is -4.62. The van der Waals surface area contributed by atoms with Gasteiger partial charge in [0.15, 0.2) is 17.0 Å². The van der Waals surface area contributed by atoms with Gasteiger partial charge < -0.3 is 10.1 Å². The number of benzene rings is 2. The molecule has 4 heterocycles. The topological polar surface area (TPSA) is 124 Å². The predicted molar refractivity (Wildman–Crippen MR) is 143 cm³/mol. The third-order valence-electron chi connectivity index (χ3n) is 6.91. The molecule has 1 N–H and O–H groups in total. The van der Waals surface area contributed by atoms with E-state index in [1.54, 1.807) is 29.1 Å². The molecule has 38 heavy (non-hydrogen) atoms. The number of hydrogen-bond donors (Lipinski definition) is 1. The Morgan fingerprint density at radius 3 is 2.76 bits per heavy atom. The van der Waals surface area contributed by atoms with Gasteiger partial charge in [0, 0.05) is 6.61 Å². The van der Waals surface area contributed by atoms with E-state index in [2.05, 4.69) is 26.3 Å². The van der Waals surface area contributed by atoms with E-state index in [0.29, 0.717) is 51.4 Å². The summed E-state index contributed by atoms with van der Waals surface area (Å²) in [5.74, 6) is 1.07. The summed E-state index contributed by atoms with van der Waals surface area (Å²) in [5.41, 5.74) is 2.46. The zero-order chi connectivity index (χ0) is 26.1. The number of anilines is 1. The summed E-state index contributed by atoms with van der Waals surface area (Å²) in [6.45, 7) is 2.73. The fourth-order valence-electron chi connectivity index (χ4n) is 5.03. The molecule has 0 amide bonds. The number of imidazole rings is 1. The maximum Gasteiger partial charge on any atom is 0.267 e. The Bertz CT molecular complexity index is 1710. The predicted octanol–water partition coefficient (Wildman–Crippen LogP) is 4.66. The molecule has 1 saturated heterocycles. The van der Waals surface area contributed by atoms with E-state index in [1.807, 2.05) is 41.8 Å². The number of nitrogens with one attached hydrogen (secondary N) is 1. The first-order valence-electron chi connectivity index (χ1n) is 12.8. The highest BCUT2D eigenvalue weighted by atomic mass is 16.5. The number of para-hydroxylation sites is 1. The first-order chi connectivity index (χ1) is 18.7. The van der Waals surface area contributed by atoms with E-state index < -0.39 is 0 Å². The van der Waals surface area contributed by atoms with E-state index >= 15 is 0 Å². The van der Waals surface area contributed by atoms with E-state index in [0.717, 1.165) is 25.9 Å². The van der Waals surface area contributed by atoms with Crippen molar-refractivity contribution in [2.24, 2.45) is 0 Å². The molecule has 1 fully saturated rings. The summed E-state index contributed by atoms with van der Waals surface area (Å²) >= 11 is 0.